The van der Waals surface area contributed by atoms with Crippen LogP contribution in [0.5, 0.6) is 0 Å². The number of allylic oxidation sites excluding steroid dienone is 1. The minimum Gasteiger partial charge on any atom is -0.365 e. The number of aliphatic hydroxyl groups is 2. The highest BCUT2D eigenvalue weighted by Gasteiger charge is 2.60. The van der Waals surface area contributed by atoms with Crippen molar-refractivity contribution in [2.24, 2.45) is 34.5 Å². The normalized spacial score (nSPS) is 46.5. The van der Waals surface area contributed by atoms with Crippen molar-refractivity contribution in [3.05, 3.63) is 11.6 Å². The van der Waals surface area contributed by atoms with E-state index in [-0.39, 0.29) is 29.0 Å². The molecular weight excluding hydrogens is 328 g/mol. The van der Waals surface area contributed by atoms with Crippen molar-refractivity contribution in [1.29, 1.82) is 0 Å². The molecule has 0 amide bonds. The van der Waals surface area contributed by atoms with E-state index < -0.39 is 5.79 Å². The van der Waals surface area contributed by atoms with Crippen molar-refractivity contribution >= 4 is 12.1 Å². The van der Waals surface area contributed by atoms with Gasteiger partial charge in [0.25, 0.3) is 0 Å². The Labute approximate surface area is 156 Å². The third kappa shape index (κ3) is 2.56. The largest absolute Gasteiger partial charge is 0.365 e. The topological polar surface area (TPSA) is 74.6 Å². The van der Waals surface area contributed by atoms with E-state index >= 15 is 0 Å². The van der Waals surface area contributed by atoms with Crippen molar-refractivity contribution in [2.75, 3.05) is 0 Å². The lowest BCUT2D eigenvalue weighted by Gasteiger charge is -2.58. The predicted octanol–water partition coefficient (Wildman–Crippen LogP) is 3.40. The van der Waals surface area contributed by atoms with E-state index in [0.29, 0.717) is 30.6 Å². The zero-order valence-corrected chi connectivity index (χ0v) is 16.0. The van der Waals surface area contributed by atoms with Crippen LogP contribution >= 0.6 is 0 Å². The number of Topliss-reactive ketones (excluding diaryl/α,β-unsaturated/α-hetero) is 1. The van der Waals surface area contributed by atoms with Gasteiger partial charge in [-0.3, -0.25) is 4.79 Å². The van der Waals surface area contributed by atoms with Gasteiger partial charge in [0.2, 0.25) is 0 Å². The van der Waals surface area contributed by atoms with E-state index in [1.807, 2.05) is 0 Å². The molecule has 144 valence electrons. The Hall–Kier alpha value is -1.00. The lowest BCUT2D eigenvalue weighted by Crippen LogP contribution is -2.52. The molecule has 3 saturated carbocycles. The second-order valence-electron chi connectivity index (χ2n) is 9.93. The number of rotatable bonds is 3. The Morgan fingerprint density at radius 3 is 2.65 bits per heavy atom. The summed E-state index contributed by atoms with van der Waals surface area (Å²) < 4.78 is 0. The Morgan fingerprint density at radius 1 is 1.15 bits per heavy atom. The first-order valence-electron chi connectivity index (χ1n) is 10.3. The average Bonchev–Trinajstić information content (AvgIpc) is 2.93. The monoisotopic (exact) mass is 360 g/mol. The first-order chi connectivity index (χ1) is 12.2. The maximum absolute atomic E-state index is 12.5. The van der Waals surface area contributed by atoms with E-state index in [1.165, 1.54) is 5.57 Å². The van der Waals surface area contributed by atoms with Gasteiger partial charge in [-0.2, -0.15) is 0 Å². The standard InChI is InChI=1S/C22H32O4/c1-20-10-11-22(25,26)13-14(20)3-4-15-16-5-6-18(19(24)8-12-23)21(16,2)9-7-17(15)20/h3,12,15-18,25-26H,4-11,13H2,1-2H3/t15-,16-,17-,18+,20-,21-/m0/s1. The lowest BCUT2D eigenvalue weighted by molar-refractivity contribution is -0.189. The highest BCUT2D eigenvalue weighted by Crippen LogP contribution is 2.66. The van der Waals surface area contributed by atoms with Crippen LogP contribution in [0, 0.1) is 34.5 Å². The number of hydrogen-bond acceptors (Lipinski definition) is 4. The van der Waals surface area contributed by atoms with Gasteiger partial charge in [0, 0.05) is 18.8 Å². The molecule has 0 aromatic rings. The van der Waals surface area contributed by atoms with Gasteiger partial charge in [0.15, 0.2) is 5.79 Å². The molecule has 0 bridgehead atoms. The molecule has 6 atom stereocenters. The van der Waals surface area contributed by atoms with E-state index in [1.54, 1.807) is 0 Å². The molecule has 0 unspecified atom stereocenters. The molecule has 4 heteroatoms. The minimum atomic E-state index is -1.54. The van der Waals surface area contributed by atoms with Crippen LogP contribution in [0.25, 0.3) is 0 Å². The highest BCUT2D eigenvalue weighted by atomic mass is 16.5. The summed E-state index contributed by atoms with van der Waals surface area (Å²) in [6.07, 6.45) is 9.98. The molecule has 0 radical (unpaired) electrons. The van der Waals surface area contributed by atoms with Crippen molar-refractivity contribution in [3.63, 3.8) is 0 Å². The van der Waals surface area contributed by atoms with Crippen LogP contribution in [0.2, 0.25) is 0 Å². The van der Waals surface area contributed by atoms with Gasteiger partial charge < -0.3 is 15.0 Å². The fourth-order valence-electron chi connectivity index (χ4n) is 7.38. The molecule has 0 spiro atoms. The zero-order chi connectivity index (χ0) is 18.7. The highest BCUT2D eigenvalue weighted by molar-refractivity contribution is 5.92. The Morgan fingerprint density at radius 2 is 1.92 bits per heavy atom. The van der Waals surface area contributed by atoms with E-state index in [0.717, 1.165) is 44.8 Å². The van der Waals surface area contributed by atoms with E-state index in [4.69, 9.17) is 0 Å². The molecule has 2 N–H and O–H groups in total. The summed E-state index contributed by atoms with van der Waals surface area (Å²) in [4.78, 5) is 23.4. The molecule has 0 saturated heterocycles. The van der Waals surface area contributed by atoms with Crippen molar-refractivity contribution in [1.82, 2.24) is 0 Å². The number of carbonyl (C=O) groups is 2. The summed E-state index contributed by atoms with van der Waals surface area (Å²) in [5.74, 6) is 0.362. The van der Waals surface area contributed by atoms with Crippen LogP contribution < -0.4 is 0 Å². The number of fused-ring (bicyclic) bond motifs is 5. The fraction of sp³-hybridized carbons (Fsp3) is 0.818. The van der Waals surface area contributed by atoms with Crippen LogP contribution in [0.4, 0.5) is 0 Å². The third-order valence-electron chi connectivity index (χ3n) is 8.82. The van der Waals surface area contributed by atoms with Gasteiger partial charge in [-0.15, -0.1) is 0 Å². The molecular formula is C22H32O4. The maximum atomic E-state index is 12.5. The molecule has 4 aliphatic carbocycles. The quantitative estimate of drug-likeness (QED) is 0.350. The molecule has 0 aliphatic heterocycles. The molecule has 26 heavy (non-hydrogen) atoms. The second kappa shape index (κ2) is 6.00. The molecule has 0 heterocycles. The SMILES string of the molecule is C[C@]12CC[C@H]3[C@@H](CC=C4CC(O)(O)CC[C@@]43C)[C@@H]1CC[C@@H]2C(=O)CC=O. The number of ketones is 1. The Kier molecular flexibility index (Phi) is 4.24. The predicted molar refractivity (Wildman–Crippen MR) is 98.0 cm³/mol. The average molecular weight is 360 g/mol. The number of carbonyl (C=O) groups excluding carboxylic acids is 2. The molecule has 0 aromatic heterocycles. The number of hydrogen-bond donors (Lipinski definition) is 2. The first kappa shape index (κ1) is 18.4. The van der Waals surface area contributed by atoms with Gasteiger partial charge in [0.1, 0.15) is 12.1 Å². The summed E-state index contributed by atoms with van der Waals surface area (Å²) in [6.45, 7) is 4.63. The summed E-state index contributed by atoms with van der Waals surface area (Å²) in [6, 6.07) is 0. The summed E-state index contributed by atoms with van der Waals surface area (Å²) in [5, 5.41) is 20.2. The van der Waals surface area contributed by atoms with E-state index in [9.17, 15) is 19.8 Å². The zero-order valence-electron chi connectivity index (χ0n) is 16.0. The van der Waals surface area contributed by atoms with Crippen LogP contribution in [-0.4, -0.2) is 28.1 Å². The molecule has 0 aromatic carbocycles. The van der Waals surface area contributed by atoms with E-state index in [2.05, 4.69) is 19.9 Å². The molecule has 4 rings (SSSR count). The molecule has 4 nitrogen and oxygen atoms in total. The summed E-state index contributed by atoms with van der Waals surface area (Å²) in [7, 11) is 0. The molecule has 3 fully saturated rings. The minimum absolute atomic E-state index is 0.0370. The lowest BCUT2D eigenvalue weighted by atomic mass is 9.47. The summed E-state index contributed by atoms with van der Waals surface area (Å²) in [5.41, 5.74) is 1.35. The van der Waals surface area contributed by atoms with Crippen molar-refractivity contribution in [3.8, 4) is 0 Å². The van der Waals surface area contributed by atoms with Crippen molar-refractivity contribution in [2.45, 2.75) is 77.4 Å². The van der Waals surface area contributed by atoms with Gasteiger partial charge in [-0.1, -0.05) is 25.5 Å². The third-order valence-corrected chi connectivity index (χ3v) is 8.82. The van der Waals surface area contributed by atoms with Crippen LogP contribution in [0.15, 0.2) is 11.6 Å². The second-order valence-corrected chi connectivity index (χ2v) is 9.93. The van der Waals surface area contributed by atoms with Gasteiger partial charge in [0.05, 0.1) is 6.42 Å². The van der Waals surface area contributed by atoms with Gasteiger partial charge in [-0.05, 0) is 67.1 Å². The van der Waals surface area contributed by atoms with Gasteiger partial charge >= 0.3 is 0 Å². The Bertz CT molecular complexity index is 651. The fourth-order valence-corrected chi connectivity index (χ4v) is 7.38. The van der Waals surface area contributed by atoms with Gasteiger partial charge in [-0.25, -0.2) is 0 Å². The first-order valence-corrected chi connectivity index (χ1v) is 10.3. The molecule has 4 aliphatic rings. The van der Waals surface area contributed by atoms with Crippen LogP contribution in [0.3, 0.4) is 0 Å². The van der Waals surface area contributed by atoms with Crippen LogP contribution in [0.1, 0.15) is 71.6 Å². The van der Waals surface area contributed by atoms with Crippen molar-refractivity contribution < 1.29 is 19.8 Å². The maximum Gasteiger partial charge on any atom is 0.166 e. The summed E-state index contributed by atoms with van der Waals surface area (Å²) >= 11 is 0. The Balaban J connectivity index is 1.62. The number of aldehydes is 1. The van der Waals surface area contributed by atoms with Crippen LogP contribution in [-0.2, 0) is 9.59 Å². The smallest absolute Gasteiger partial charge is 0.166 e.